The third-order valence-corrected chi connectivity index (χ3v) is 1.22. The van der Waals surface area contributed by atoms with Gasteiger partial charge in [0.05, 0.1) is 0 Å². The van der Waals surface area contributed by atoms with Crippen LogP contribution in [0, 0.1) is 0 Å². The lowest BCUT2D eigenvalue weighted by Gasteiger charge is -1.89. The standard InChI is InChI=1S/C8H14O/c1-3-5-6-7-8(9)4-2/h3,5H,4,6-7H2,1-2H3/b5-3+. The fourth-order valence-electron chi connectivity index (χ4n) is 0.588. The van der Waals surface area contributed by atoms with Crippen molar-refractivity contribution in [1.82, 2.24) is 0 Å². The average Bonchev–Trinajstić information content (AvgIpc) is 1.89. The van der Waals surface area contributed by atoms with E-state index in [-0.39, 0.29) is 0 Å². The van der Waals surface area contributed by atoms with Crippen LogP contribution in [-0.2, 0) is 4.79 Å². The Morgan fingerprint density at radius 1 is 1.56 bits per heavy atom. The number of hydrogen-bond donors (Lipinski definition) is 0. The van der Waals surface area contributed by atoms with Gasteiger partial charge in [-0.15, -0.1) is 0 Å². The Morgan fingerprint density at radius 3 is 2.67 bits per heavy atom. The van der Waals surface area contributed by atoms with Crippen molar-refractivity contribution in [1.29, 1.82) is 0 Å². The molecule has 0 aromatic rings. The minimum Gasteiger partial charge on any atom is -0.300 e. The summed E-state index contributed by atoms with van der Waals surface area (Å²) in [6.07, 6.45) is 6.29. The Balaban J connectivity index is 3.17. The molecule has 0 aliphatic heterocycles. The predicted octanol–water partition coefficient (Wildman–Crippen LogP) is 2.32. The van der Waals surface area contributed by atoms with Crippen LogP contribution in [0.3, 0.4) is 0 Å². The lowest BCUT2D eigenvalue weighted by atomic mass is 10.2. The van der Waals surface area contributed by atoms with Crippen LogP contribution in [0.5, 0.6) is 0 Å². The fourth-order valence-corrected chi connectivity index (χ4v) is 0.588. The first-order valence-electron chi connectivity index (χ1n) is 3.44. The molecule has 1 heteroatoms. The van der Waals surface area contributed by atoms with Crippen molar-refractivity contribution in [3.63, 3.8) is 0 Å². The number of ketones is 1. The van der Waals surface area contributed by atoms with Crippen molar-refractivity contribution in [3.8, 4) is 0 Å². The lowest BCUT2D eigenvalue weighted by Crippen LogP contribution is -1.92. The van der Waals surface area contributed by atoms with Gasteiger partial charge in [0.1, 0.15) is 5.78 Å². The SMILES string of the molecule is C/C=C/CCC(=O)CC. The molecule has 0 aromatic carbocycles. The van der Waals surface area contributed by atoms with Crippen LogP contribution < -0.4 is 0 Å². The van der Waals surface area contributed by atoms with Crippen molar-refractivity contribution in [2.45, 2.75) is 33.1 Å². The Morgan fingerprint density at radius 2 is 2.22 bits per heavy atom. The monoisotopic (exact) mass is 126 g/mol. The zero-order valence-corrected chi connectivity index (χ0v) is 6.18. The van der Waals surface area contributed by atoms with Gasteiger partial charge < -0.3 is 0 Å². The van der Waals surface area contributed by atoms with Crippen LogP contribution >= 0.6 is 0 Å². The zero-order valence-electron chi connectivity index (χ0n) is 6.18. The van der Waals surface area contributed by atoms with Gasteiger partial charge in [0.25, 0.3) is 0 Å². The van der Waals surface area contributed by atoms with Crippen molar-refractivity contribution in [2.75, 3.05) is 0 Å². The minimum absolute atomic E-state index is 0.355. The summed E-state index contributed by atoms with van der Waals surface area (Å²) in [6, 6.07) is 0. The summed E-state index contributed by atoms with van der Waals surface area (Å²) >= 11 is 0. The second-order valence-corrected chi connectivity index (χ2v) is 2.00. The van der Waals surface area contributed by atoms with Crippen LogP contribution in [0.15, 0.2) is 12.2 Å². The van der Waals surface area contributed by atoms with E-state index in [4.69, 9.17) is 0 Å². The van der Waals surface area contributed by atoms with E-state index in [1.54, 1.807) is 0 Å². The quantitative estimate of drug-likeness (QED) is 0.528. The highest BCUT2D eigenvalue weighted by Crippen LogP contribution is 1.94. The van der Waals surface area contributed by atoms with Crippen LogP contribution in [-0.4, -0.2) is 5.78 Å². The molecule has 0 unspecified atom stereocenters. The summed E-state index contributed by atoms with van der Waals surface area (Å²) in [4.78, 5) is 10.7. The van der Waals surface area contributed by atoms with E-state index >= 15 is 0 Å². The molecule has 0 aliphatic carbocycles. The Bertz CT molecular complexity index is 103. The summed E-state index contributed by atoms with van der Waals surface area (Å²) in [6.45, 7) is 3.87. The van der Waals surface area contributed by atoms with Gasteiger partial charge >= 0.3 is 0 Å². The maximum Gasteiger partial charge on any atom is 0.132 e. The number of allylic oxidation sites excluding steroid dienone is 2. The van der Waals surface area contributed by atoms with E-state index in [1.807, 2.05) is 26.0 Å². The van der Waals surface area contributed by atoms with E-state index in [9.17, 15) is 4.79 Å². The fraction of sp³-hybridized carbons (Fsp3) is 0.625. The Labute approximate surface area is 56.8 Å². The molecule has 9 heavy (non-hydrogen) atoms. The second-order valence-electron chi connectivity index (χ2n) is 2.00. The molecule has 0 radical (unpaired) electrons. The van der Waals surface area contributed by atoms with Crippen LogP contribution in [0.25, 0.3) is 0 Å². The van der Waals surface area contributed by atoms with Crippen LogP contribution in [0.1, 0.15) is 33.1 Å². The lowest BCUT2D eigenvalue weighted by molar-refractivity contribution is -0.118. The van der Waals surface area contributed by atoms with Gasteiger partial charge in [-0.05, 0) is 13.3 Å². The van der Waals surface area contributed by atoms with Crippen molar-refractivity contribution in [3.05, 3.63) is 12.2 Å². The second kappa shape index (κ2) is 5.54. The number of carbonyl (C=O) groups is 1. The zero-order chi connectivity index (χ0) is 7.11. The largest absolute Gasteiger partial charge is 0.300 e. The Kier molecular flexibility index (Phi) is 5.18. The highest BCUT2D eigenvalue weighted by molar-refractivity contribution is 5.78. The maximum absolute atomic E-state index is 10.7. The van der Waals surface area contributed by atoms with E-state index < -0.39 is 0 Å². The molecule has 0 heterocycles. The molecule has 0 amide bonds. The summed E-state index contributed by atoms with van der Waals surface area (Å²) < 4.78 is 0. The molecule has 0 aromatic heterocycles. The van der Waals surface area contributed by atoms with Gasteiger partial charge in [0.15, 0.2) is 0 Å². The number of hydrogen-bond acceptors (Lipinski definition) is 1. The molecule has 0 spiro atoms. The topological polar surface area (TPSA) is 17.1 Å². The first kappa shape index (κ1) is 8.41. The minimum atomic E-state index is 0.355. The molecule has 0 fully saturated rings. The van der Waals surface area contributed by atoms with Gasteiger partial charge in [-0.25, -0.2) is 0 Å². The van der Waals surface area contributed by atoms with Gasteiger partial charge in [0, 0.05) is 12.8 Å². The van der Waals surface area contributed by atoms with Gasteiger partial charge in [-0.3, -0.25) is 4.79 Å². The van der Waals surface area contributed by atoms with Crippen molar-refractivity contribution >= 4 is 5.78 Å². The number of carbonyl (C=O) groups excluding carboxylic acids is 1. The molecule has 0 saturated carbocycles. The van der Waals surface area contributed by atoms with E-state index in [1.165, 1.54) is 0 Å². The molecule has 0 N–H and O–H groups in total. The van der Waals surface area contributed by atoms with Gasteiger partial charge in [-0.1, -0.05) is 19.1 Å². The highest BCUT2D eigenvalue weighted by Gasteiger charge is 1.92. The van der Waals surface area contributed by atoms with E-state index in [0.717, 1.165) is 6.42 Å². The van der Waals surface area contributed by atoms with Crippen LogP contribution in [0.2, 0.25) is 0 Å². The molecule has 0 saturated heterocycles. The number of rotatable bonds is 4. The van der Waals surface area contributed by atoms with Crippen molar-refractivity contribution < 1.29 is 4.79 Å². The molecule has 1 nitrogen and oxygen atoms in total. The molecule has 0 aliphatic rings. The first-order chi connectivity index (χ1) is 4.31. The molecule has 0 rings (SSSR count). The van der Waals surface area contributed by atoms with E-state index in [0.29, 0.717) is 18.6 Å². The van der Waals surface area contributed by atoms with E-state index in [2.05, 4.69) is 0 Å². The predicted molar refractivity (Wildman–Crippen MR) is 39.3 cm³/mol. The van der Waals surface area contributed by atoms with Gasteiger partial charge in [0.2, 0.25) is 0 Å². The Hall–Kier alpha value is -0.590. The maximum atomic E-state index is 10.7. The highest BCUT2D eigenvalue weighted by atomic mass is 16.1. The average molecular weight is 126 g/mol. The molecular formula is C8H14O. The third-order valence-electron chi connectivity index (χ3n) is 1.22. The first-order valence-corrected chi connectivity index (χ1v) is 3.44. The number of Topliss-reactive ketones (excluding diaryl/α,β-unsaturated/α-hetero) is 1. The molecule has 52 valence electrons. The summed E-state index contributed by atoms with van der Waals surface area (Å²) in [5.74, 6) is 0.355. The molecule has 0 atom stereocenters. The molecular weight excluding hydrogens is 112 g/mol. The van der Waals surface area contributed by atoms with Crippen molar-refractivity contribution in [2.24, 2.45) is 0 Å². The normalized spacial score (nSPS) is 10.4. The third kappa shape index (κ3) is 5.28. The smallest absolute Gasteiger partial charge is 0.132 e. The van der Waals surface area contributed by atoms with Gasteiger partial charge in [-0.2, -0.15) is 0 Å². The summed E-state index contributed by atoms with van der Waals surface area (Å²) in [7, 11) is 0. The van der Waals surface area contributed by atoms with Crippen LogP contribution in [0.4, 0.5) is 0 Å². The summed E-state index contributed by atoms with van der Waals surface area (Å²) in [5, 5.41) is 0. The summed E-state index contributed by atoms with van der Waals surface area (Å²) in [5.41, 5.74) is 0. The molecule has 0 bridgehead atoms.